The summed E-state index contributed by atoms with van der Waals surface area (Å²) in [7, 11) is 1.51. The van der Waals surface area contributed by atoms with E-state index in [0.717, 1.165) is 0 Å². The van der Waals surface area contributed by atoms with Crippen molar-refractivity contribution in [3.05, 3.63) is 47.8 Å². The third-order valence-corrected chi connectivity index (χ3v) is 2.35. The molecule has 0 saturated heterocycles. The molecular weight excluding hydrogens is 242 g/mol. The summed E-state index contributed by atoms with van der Waals surface area (Å²) in [6, 6.07) is 12.1. The monoisotopic (exact) mass is 251 g/mol. The molecule has 0 amide bonds. The SMILES string of the molecule is COc1cc(C#N)cc(Oc2cccnc2C#N)c1. The first kappa shape index (κ1) is 12.4. The van der Waals surface area contributed by atoms with Gasteiger partial charge in [0.2, 0.25) is 0 Å². The topological polar surface area (TPSA) is 78.9 Å². The van der Waals surface area contributed by atoms with Crippen molar-refractivity contribution in [2.24, 2.45) is 0 Å². The van der Waals surface area contributed by atoms with Crippen LogP contribution >= 0.6 is 0 Å². The summed E-state index contributed by atoms with van der Waals surface area (Å²) in [5, 5.41) is 17.9. The zero-order valence-electron chi connectivity index (χ0n) is 10.1. The molecule has 19 heavy (non-hydrogen) atoms. The summed E-state index contributed by atoms with van der Waals surface area (Å²) in [6.07, 6.45) is 1.51. The van der Waals surface area contributed by atoms with Gasteiger partial charge in [0.1, 0.15) is 17.6 Å². The van der Waals surface area contributed by atoms with Crippen molar-refractivity contribution in [3.63, 3.8) is 0 Å². The van der Waals surface area contributed by atoms with Crippen LogP contribution < -0.4 is 9.47 Å². The molecular formula is C14H9N3O2. The maximum absolute atomic E-state index is 8.93. The molecule has 2 aromatic rings. The molecule has 1 aromatic carbocycles. The third kappa shape index (κ3) is 2.80. The van der Waals surface area contributed by atoms with E-state index in [2.05, 4.69) is 4.98 Å². The standard InChI is InChI=1S/C14H9N3O2/c1-18-11-5-10(8-15)6-12(7-11)19-14-3-2-4-17-13(14)9-16/h2-7H,1H3. The summed E-state index contributed by atoms with van der Waals surface area (Å²) >= 11 is 0. The van der Waals surface area contributed by atoms with Crippen molar-refractivity contribution in [1.29, 1.82) is 10.5 Å². The van der Waals surface area contributed by atoms with Crippen molar-refractivity contribution in [1.82, 2.24) is 4.98 Å². The summed E-state index contributed by atoms with van der Waals surface area (Å²) in [5.74, 6) is 1.26. The first-order chi connectivity index (χ1) is 9.26. The zero-order valence-corrected chi connectivity index (χ0v) is 10.1. The van der Waals surface area contributed by atoms with E-state index in [1.165, 1.54) is 13.3 Å². The molecule has 5 heteroatoms. The van der Waals surface area contributed by atoms with Crippen LogP contribution in [0.3, 0.4) is 0 Å². The van der Waals surface area contributed by atoms with Crippen LogP contribution in [0.15, 0.2) is 36.5 Å². The first-order valence-corrected chi connectivity index (χ1v) is 5.39. The molecule has 1 heterocycles. The number of benzene rings is 1. The minimum atomic E-state index is 0.184. The summed E-state index contributed by atoms with van der Waals surface area (Å²) in [6.45, 7) is 0. The second-order valence-electron chi connectivity index (χ2n) is 3.57. The Balaban J connectivity index is 2.39. The van der Waals surface area contributed by atoms with Crippen molar-refractivity contribution < 1.29 is 9.47 Å². The van der Waals surface area contributed by atoms with Gasteiger partial charge in [0.15, 0.2) is 11.4 Å². The molecule has 0 bridgehead atoms. The summed E-state index contributed by atoms with van der Waals surface area (Å²) in [4.78, 5) is 3.90. The van der Waals surface area contributed by atoms with Crippen LogP contribution in [0.2, 0.25) is 0 Å². The largest absolute Gasteiger partial charge is 0.497 e. The zero-order chi connectivity index (χ0) is 13.7. The van der Waals surface area contributed by atoms with E-state index in [1.54, 1.807) is 30.3 Å². The van der Waals surface area contributed by atoms with Crippen molar-refractivity contribution in [2.45, 2.75) is 0 Å². The average molecular weight is 251 g/mol. The van der Waals surface area contributed by atoms with Gasteiger partial charge in [-0.1, -0.05) is 0 Å². The molecule has 0 saturated carbocycles. The summed E-state index contributed by atoms with van der Waals surface area (Å²) < 4.78 is 10.6. The lowest BCUT2D eigenvalue weighted by molar-refractivity contribution is 0.408. The van der Waals surface area contributed by atoms with Crippen LogP contribution in [0.1, 0.15) is 11.3 Å². The Hall–Kier alpha value is -3.05. The molecule has 5 nitrogen and oxygen atoms in total. The summed E-state index contributed by atoms with van der Waals surface area (Å²) in [5.41, 5.74) is 0.598. The lowest BCUT2D eigenvalue weighted by atomic mass is 10.2. The molecule has 0 radical (unpaired) electrons. The van der Waals surface area contributed by atoms with Gasteiger partial charge in [-0.05, 0) is 24.3 Å². The van der Waals surface area contributed by atoms with Crippen molar-refractivity contribution in [3.8, 4) is 29.4 Å². The van der Waals surface area contributed by atoms with Crippen LogP contribution in [0.5, 0.6) is 17.2 Å². The van der Waals surface area contributed by atoms with E-state index in [4.69, 9.17) is 20.0 Å². The fourth-order valence-electron chi connectivity index (χ4n) is 1.50. The predicted molar refractivity (Wildman–Crippen MR) is 66.7 cm³/mol. The molecule has 0 unspecified atom stereocenters. The minimum Gasteiger partial charge on any atom is -0.497 e. The fourth-order valence-corrected chi connectivity index (χ4v) is 1.50. The van der Waals surface area contributed by atoms with E-state index >= 15 is 0 Å². The van der Waals surface area contributed by atoms with Gasteiger partial charge in [0, 0.05) is 12.3 Å². The van der Waals surface area contributed by atoms with Gasteiger partial charge in [-0.2, -0.15) is 10.5 Å². The first-order valence-electron chi connectivity index (χ1n) is 5.39. The van der Waals surface area contributed by atoms with Crippen molar-refractivity contribution in [2.75, 3.05) is 7.11 Å². The molecule has 0 aliphatic heterocycles. The highest BCUT2D eigenvalue weighted by molar-refractivity contribution is 5.47. The highest BCUT2D eigenvalue weighted by atomic mass is 16.5. The molecule has 1 aromatic heterocycles. The van der Waals surface area contributed by atoms with Crippen LogP contribution in [-0.4, -0.2) is 12.1 Å². The normalized spacial score (nSPS) is 9.21. The maximum atomic E-state index is 8.93. The van der Waals surface area contributed by atoms with Crippen LogP contribution in [0.25, 0.3) is 0 Å². The highest BCUT2D eigenvalue weighted by Gasteiger charge is 2.07. The Kier molecular flexibility index (Phi) is 3.61. The van der Waals surface area contributed by atoms with E-state index in [0.29, 0.717) is 22.8 Å². The second-order valence-corrected chi connectivity index (χ2v) is 3.57. The Labute approximate surface area is 110 Å². The van der Waals surface area contributed by atoms with E-state index in [-0.39, 0.29) is 5.69 Å². The molecule has 92 valence electrons. The Morgan fingerprint density at radius 2 is 1.89 bits per heavy atom. The quantitative estimate of drug-likeness (QED) is 0.837. The molecule has 0 atom stereocenters. The highest BCUT2D eigenvalue weighted by Crippen LogP contribution is 2.28. The average Bonchev–Trinajstić information content (AvgIpc) is 2.47. The number of hydrogen-bond donors (Lipinski definition) is 0. The third-order valence-electron chi connectivity index (χ3n) is 2.35. The number of hydrogen-bond acceptors (Lipinski definition) is 5. The van der Waals surface area contributed by atoms with Gasteiger partial charge in [0.05, 0.1) is 18.7 Å². The molecule has 2 rings (SSSR count). The number of ether oxygens (including phenoxy) is 2. The smallest absolute Gasteiger partial charge is 0.183 e. The predicted octanol–water partition coefficient (Wildman–Crippen LogP) is 2.63. The number of methoxy groups -OCH3 is 1. The van der Waals surface area contributed by atoms with Gasteiger partial charge in [0.25, 0.3) is 0 Å². The van der Waals surface area contributed by atoms with Gasteiger partial charge in [-0.25, -0.2) is 4.98 Å². The minimum absolute atomic E-state index is 0.184. The number of aromatic nitrogens is 1. The number of pyridine rings is 1. The van der Waals surface area contributed by atoms with Gasteiger partial charge in [-0.3, -0.25) is 0 Å². The Morgan fingerprint density at radius 1 is 1.11 bits per heavy atom. The lowest BCUT2D eigenvalue weighted by Crippen LogP contribution is -1.92. The fraction of sp³-hybridized carbons (Fsp3) is 0.0714. The van der Waals surface area contributed by atoms with Crippen molar-refractivity contribution >= 4 is 0 Å². The Morgan fingerprint density at radius 3 is 2.58 bits per heavy atom. The molecule has 0 aliphatic carbocycles. The Bertz CT molecular complexity index is 684. The number of rotatable bonds is 3. The molecule has 0 spiro atoms. The van der Waals surface area contributed by atoms with E-state index < -0.39 is 0 Å². The molecule has 0 N–H and O–H groups in total. The van der Waals surface area contributed by atoms with Crippen LogP contribution in [-0.2, 0) is 0 Å². The van der Waals surface area contributed by atoms with Crippen LogP contribution in [0.4, 0.5) is 0 Å². The number of nitrogens with zero attached hydrogens (tertiary/aromatic N) is 3. The van der Waals surface area contributed by atoms with Gasteiger partial charge < -0.3 is 9.47 Å². The number of nitriles is 2. The van der Waals surface area contributed by atoms with Crippen LogP contribution in [0, 0.1) is 22.7 Å². The van der Waals surface area contributed by atoms with E-state index in [1.807, 2.05) is 12.1 Å². The lowest BCUT2D eigenvalue weighted by Gasteiger charge is -2.08. The second kappa shape index (κ2) is 5.52. The van der Waals surface area contributed by atoms with Gasteiger partial charge in [-0.15, -0.1) is 0 Å². The molecule has 0 fully saturated rings. The van der Waals surface area contributed by atoms with Gasteiger partial charge >= 0.3 is 0 Å². The van der Waals surface area contributed by atoms with E-state index in [9.17, 15) is 0 Å². The molecule has 0 aliphatic rings. The maximum Gasteiger partial charge on any atom is 0.183 e.